The summed E-state index contributed by atoms with van der Waals surface area (Å²) in [7, 11) is -3.41. The van der Waals surface area contributed by atoms with Crippen LogP contribution >= 0.6 is 0 Å². The predicted molar refractivity (Wildman–Crippen MR) is 75.3 cm³/mol. The van der Waals surface area contributed by atoms with Gasteiger partial charge in [0.1, 0.15) is 4.90 Å². The lowest BCUT2D eigenvalue weighted by molar-refractivity contribution is 0.578. The number of benzene rings is 1. The summed E-state index contributed by atoms with van der Waals surface area (Å²) in [4.78, 5) is 0.328. The fourth-order valence-corrected chi connectivity index (χ4v) is 2.82. The smallest absolute Gasteiger partial charge is 0.242 e. The summed E-state index contributed by atoms with van der Waals surface area (Å²) in [5, 5.41) is 3.14. The number of para-hydroxylation sites is 1. The van der Waals surface area contributed by atoms with Crippen LogP contribution in [0, 0.1) is 0 Å². The minimum Gasteiger partial charge on any atom is -0.384 e. The van der Waals surface area contributed by atoms with Gasteiger partial charge in [-0.3, -0.25) is 0 Å². The van der Waals surface area contributed by atoms with Gasteiger partial charge in [-0.1, -0.05) is 32.4 Å². The Labute approximate surface area is 110 Å². The normalized spacial score (nSPS) is 11.4. The molecule has 0 aliphatic carbocycles. The molecule has 4 nitrogen and oxygen atoms in total. The summed E-state index contributed by atoms with van der Waals surface area (Å²) in [6.07, 6.45) is 2.78. The van der Waals surface area contributed by atoms with Crippen LogP contribution in [-0.2, 0) is 10.0 Å². The molecule has 0 fully saturated rings. The molecular formula is C13H22N2O2S. The maximum Gasteiger partial charge on any atom is 0.242 e. The van der Waals surface area contributed by atoms with E-state index in [1.807, 2.05) is 19.9 Å². The molecule has 0 amide bonds. The van der Waals surface area contributed by atoms with E-state index in [1.165, 1.54) is 0 Å². The van der Waals surface area contributed by atoms with Gasteiger partial charge >= 0.3 is 0 Å². The van der Waals surface area contributed by atoms with E-state index in [1.54, 1.807) is 18.2 Å². The molecule has 0 saturated carbocycles. The average Bonchev–Trinajstić information content (AvgIpc) is 2.37. The van der Waals surface area contributed by atoms with Crippen molar-refractivity contribution in [3.8, 4) is 0 Å². The Morgan fingerprint density at radius 3 is 2.44 bits per heavy atom. The minimum absolute atomic E-state index is 0.328. The Bertz CT molecular complexity index is 458. The molecule has 0 heterocycles. The maximum atomic E-state index is 12.1. The molecule has 1 rings (SSSR count). The van der Waals surface area contributed by atoms with Gasteiger partial charge in [0.25, 0.3) is 0 Å². The van der Waals surface area contributed by atoms with Crippen molar-refractivity contribution in [1.82, 2.24) is 4.72 Å². The molecule has 18 heavy (non-hydrogen) atoms. The molecule has 0 aliphatic rings. The summed E-state index contributed by atoms with van der Waals surface area (Å²) in [5.74, 6) is 0. The summed E-state index contributed by atoms with van der Waals surface area (Å²) in [6.45, 7) is 5.33. The second-order valence-corrected chi connectivity index (χ2v) is 5.91. The molecule has 0 bridgehead atoms. The van der Waals surface area contributed by atoms with Crippen LogP contribution in [0.3, 0.4) is 0 Å². The summed E-state index contributed by atoms with van der Waals surface area (Å²) < 4.78 is 26.9. The highest BCUT2D eigenvalue weighted by Crippen LogP contribution is 2.20. The molecule has 0 unspecified atom stereocenters. The highest BCUT2D eigenvalue weighted by atomic mass is 32.2. The van der Waals surface area contributed by atoms with Gasteiger partial charge in [0, 0.05) is 13.1 Å². The van der Waals surface area contributed by atoms with Gasteiger partial charge in [-0.15, -0.1) is 0 Å². The Morgan fingerprint density at radius 2 is 1.78 bits per heavy atom. The SMILES string of the molecule is CCCCNS(=O)(=O)c1ccccc1NCCC. The van der Waals surface area contributed by atoms with Crippen molar-refractivity contribution in [2.75, 3.05) is 18.4 Å². The average molecular weight is 270 g/mol. The largest absolute Gasteiger partial charge is 0.384 e. The lowest BCUT2D eigenvalue weighted by atomic mass is 10.3. The Balaban J connectivity index is 2.86. The Hall–Kier alpha value is -1.07. The highest BCUT2D eigenvalue weighted by Gasteiger charge is 2.16. The van der Waals surface area contributed by atoms with E-state index in [-0.39, 0.29) is 0 Å². The molecule has 0 spiro atoms. The first-order valence-corrected chi connectivity index (χ1v) is 7.92. The summed E-state index contributed by atoms with van der Waals surface area (Å²) >= 11 is 0. The fourth-order valence-electron chi connectivity index (χ4n) is 1.57. The Kier molecular flexibility index (Phi) is 6.15. The maximum absolute atomic E-state index is 12.1. The number of rotatable bonds is 8. The van der Waals surface area contributed by atoms with Crippen molar-refractivity contribution in [3.63, 3.8) is 0 Å². The quantitative estimate of drug-likeness (QED) is 0.714. The van der Waals surface area contributed by atoms with Crippen molar-refractivity contribution < 1.29 is 8.42 Å². The van der Waals surface area contributed by atoms with Crippen molar-refractivity contribution in [2.24, 2.45) is 0 Å². The van der Waals surface area contributed by atoms with Crippen LogP contribution in [0.25, 0.3) is 0 Å². The van der Waals surface area contributed by atoms with Crippen molar-refractivity contribution in [3.05, 3.63) is 24.3 Å². The van der Waals surface area contributed by atoms with E-state index in [4.69, 9.17) is 0 Å². The van der Waals surface area contributed by atoms with Crippen LogP contribution in [0.2, 0.25) is 0 Å². The second-order valence-electron chi connectivity index (χ2n) is 4.17. The molecular weight excluding hydrogens is 248 g/mol. The van der Waals surface area contributed by atoms with E-state index in [2.05, 4.69) is 10.0 Å². The van der Waals surface area contributed by atoms with Crippen LogP contribution in [0.5, 0.6) is 0 Å². The molecule has 0 radical (unpaired) electrons. The van der Waals surface area contributed by atoms with Gasteiger partial charge in [0.05, 0.1) is 5.69 Å². The number of sulfonamides is 1. The molecule has 5 heteroatoms. The number of hydrogen-bond acceptors (Lipinski definition) is 3. The summed E-state index contributed by atoms with van der Waals surface area (Å²) in [5.41, 5.74) is 0.670. The zero-order valence-electron chi connectivity index (χ0n) is 11.1. The lowest BCUT2D eigenvalue weighted by Crippen LogP contribution is -2.25. The lowest BCUT2D eigenvalue weighted by Gasteiger charge is -2.12. The molecule has 0 aromatic heterocycles. The van der Waals surface area contributed by atoms with Gasteiger partial charge in [-0.25, -0.2) is 13.1 Å². The van der Waals surface area contributed by atoms with Gasteiger partial charge in [-0.2, -0.15) is 0 Å². The van der Waals surface area contributed by atoms with E-state index in [0.29, 0.717) is 17.1 Å². The van der Waals surface area contributed by atoms with E-state index in [9.17, 15) is 8.42 Å². The number of unbranched alkanes of at least 4 members (excludes halogenated alkanes) is 1. The van der Waals surface area contributed by atoms with Crippen molar-refractivity contribution in [2.45, 2.75) is 38.0 Å². The molecule has 102 valence electrons. The molecule has 0 saturated heterocycles. The standard InChI is InChI=1S/C13H22N2O2S/c1-3-5-11-15-18(16,17)13-9-7-6-8-12(13)14-10-4-2/h6-9,14-15H,3-5,10-11H2,1-2H3. The molecule has 0 atom stereocenters. The van der Waals surface area contributed by atoms with Crippen LogP contribution in [0.15, 0.2) is 29.2 Å². The number of hydrogen-bond donors (Lipinski definition) is 2. The number of anilines is 1. The molecule has 2 N–H and O–H groups in total. The van der Waals surface area contributed by atoms with Crippen LogP contribution < -0.4 is 10.0 Å². The highest BCUT2D eigenvalue weighted by molar-refractivity contribution is 7.89. The Morgan fingerprint density at radius 1 is 1.06 bits per heavy atom. The first kappa shape index (κ1) is 15.0. The third-order valence-electron chi connectivity index (χ3n) is 2.56. The van der Waals surface area contributed by atoms with Crippen LogP contribution in [-0.4, -0.2) is 21.5 Å². The first-order valence-electron chi connectivity index (χ1n) is 6.44. The zero-order valence-corrected chi connectivity index (χ0v) is 11.9. The number of nitrogens with one attached hydrogen (secondary N) is 2. The topological polar surface area (TPSA) is 58.2 Å². The predicted octanol–water partition coefficient (Wildman–Crippen LogP) is 2.59. The summed E-state index contributed by atoms with van der Waals surface area (Å²) in [6, 6.07) is 7.00. The van der Waals surface area contributed by atoms with E-state index >= 15 is 0 Å². The van der Waals surface area contributed by atoms with Crippen molar-refractivity contribution >= 4 is 15.7 Å². The van der Waals surface area contributed by atoms with Crippen LogP contribution in [0.1, 0.15) is 33.1 Å². The van der Waals surface area contributed by atoms with Gasteiger partial charge in [-0.05, 0) is 25.0 Å². The first-order chi connectivity index (χ1) is 8.61. The minimum atomic E-state index is -3.41. The third-order valence-corrected chi connectivity index (χ3v) is 4.08. The van der Waals surface area contributed by atoms with Gasteiger partial charge in [0.2, 0.25) is 10.0 Å². The van der Waals surface area contributed by atoms with Gasteiger partial charge in [0.15, 0.2) is 0 Å². The molecule has 1 aromatic rings. The second kappa shape index (κ2) is 7.38. The van der Waals surface area contributed by atoms with Crippen LogP contribution in [0.4, 0.5) is 5.69 Å². The third kappa shape index (κ3) is 4.31. The fraction of sp³-hybridized carbons (Fsp3) is 0.538. The zero-order chi connectivity index (χ0) is 13.4. The van der Waals surface area contributed by atoms with Gasteiger partial charge < -0.3 is 5.32 Å². The monoisotopic (exact) mass is 270 g/mol. The van der Waals surface area contributed by atoms with Crippen molar-refractivity contribution in [1.29, 1.82) is 0 Å². The van der Waals surface area contributed by atoms with E-state index in [0.717, 1.165) is 25.8 Å². The van der Waals surface area contributed by atoms with E-state index < -0.39 is 10.0 Å². The molecule has 0 aliphatic heterocycles. The molecule has 1 aromatic carbocycles.